The molecule has 24 heavy (non-hydrogen) atoms. The molecule has 1 heterocycles. The van der Waals surface area contributed by atoms with E-state index in [0.717, 1.165) is 11.3 Å². The third-order valence-electron chi connectivity index (χ3n) is 3.46. The molecule has 0 fully saturated rings. The topological polar surface area (TPSA) is 81.6 Å². The minimum absolute atomic E-state index is 0.0354. The molecule has 3 rings (SSSR count). The average Bonchev–Trinajstić information content (AvgIpc) is 2.57. The van der Waals surface area contributed by atoms with E-state index in [1.54, 1.807) is 24.3 Å². The van der Waals surface area contributed by atoms with Crippen molar-refractivity contribution in [3.63, 3.8) is 0 Å². The number of H-pyrrole nitrogens is 1. The van der Waals surface area contributed by atoms with E-state index in [2.05, 4.69) is 15.3 Å². The van der Waals surface area contributed by atoms with Gasteiger partial charge in [-0.15, -0.1) is 0 Å². The van der Waals surface area contributed by atoms with Gasteiger partial charge in [-0.25, -0.2) is 4.98 Å². The van der Waals surface area contributed by atoms with Crippen LogP contribution in [-0.2, 0) is 0 Å². The first-order chi connectivity index (χ1) is 11.6. The molecule has 0 spiro atoms. The number of hydrogen-bond donors (Lipinski definition) is 2. The summed E-state index contributed by atoms with van der Waals surface area (Å²) < 4.78 is 0. The highest BCUT2D eigenvalue weighted by atomic mass is 35.5. The Morgan fingerprint density at radius 1 is 1.12 bits per heavy atom. The van der Waals surface area contributed by atoms with Gasteiger partial charge in [0.2, 0.25) is 5.95 Å². The number of halogens is 1. The molecule has 0 aliphatic carbocycles. The number of rotatable bonds is 3. The Balaban J connectivity index is 2.06. The minimum atomic E-state index is -0.493. The van der Waals surface area contributed by atoms with Gasteiger partial charge in [0.15, 0.2) is 0 Å². The number of anilines is 2. The zero-order valence-corrected chi connectivity index (χ0v) is 13.6. The molecule has 118 valence electrons. The van der Waals surface area contributed by atoms with Crippen molar-refractivity contribution in [3.8, 4) is 17.3 Å². The Bertz CT molecular complexity index is 970. The van der Waals surface area contributed by atoms with Gasteiger partial charge < -0.3 is 5.32 Å². The third kappa shape index (κ3) is 3.29. The van der Waals surface area contributed by atoms with Crippen LogP contribution in [0.15, 0.2) is 53.3 Å². The maximum Gasteiger partial charge on any atom is 0.270 e. The summed E-state index contributed by atoms with van der Waals surface area (Å²) in [4.78, 5) is 19.2. The molecule has 1 aromatic heterocycles. The number of nitrogens with zero attached hydrogens (tertiary/aromatic N) is 2. The van der Waals surface area contributed by atoms with Crippen LogP contribution < -0.4 is 10.9 Å². The predicted octanol–water partition coefficient (Wildman–Crippen LogP) is 4.01. The summed E-state index contributed by atoms with van der Waals surface area (Å²) in [7, 11) is 0. The van der Waals surface area contributed by atoms with Crippen LogP contribution in [0.3, 0.4) is 0 Å². The SMILES string of the molecule is Cc1ccc(Nc2nc(-c3ccc(Cl)cc3)c(C#N)c(=O)[nH]2)cc1. The summed E-state index contributed by atoms with van der Waals surface area (Å²) in [5, 5.41) is 12.9. The minimum Gasteiger partial charge on any atom is -0.326 e. The summed E-state index contributed by atoms with van der Waals surface area (Å²) in [6.45, 7) is 1.99. The van der Waals surface area contributed by atoms with Crippen LogP contribution in [-0.4, -0.2) is 9.97 Å². The molecule has 0 amide bonds. The first-order valence-electron chi connectivity index (χ1n) is 7.21. The van der Waals surface area contributed by atoms with Crippen LogP contribution in [0.5, 0.6) is 0 Å². The smallest absolute Gasteiger partial charge is 0.270 e. The van der Waals surface area contributed by atoms with Gasteiger partial charge in [0.05, 0.1) is 5.69 Å². The molecule has 5 nitrogen and oxygen atoms in total. The van der Waals surface area contributed by atoms with E-state index >= 15 is 0 Å². The van der Waals surface area contributed by atoms with Crippen molar-refractivity contribution in [3.05, 3.63) is 75.0 Å². The molecule has 2 N–H and O–H groups in total. The van der Waals surface area contributed by atoms with E-state index in [0.29, 0.717) is 16.3 Å². The van der Waals surface area contributed by atoms with Gasteiger partial charge in [0.25, 0.3) is 5.56 Å². The van der Waals surface area contributed by atoms with Crippen molar-refractivity contribution in [1.29, 1.82) is 5.26 Å². The quantitative estimate of drug-likeness (QED) is 0.757. The van der Waals surface area contributed by atoms with E-state index in [1.165, 1.54) is 0 Å². The van der Waals surface area contributed by atoms with Crippen LogP contribution in [0.2, 0.25) is 5.02 Å². The van der Waals surface area contributed by atoms with Gasteiger partial charge in [-0.2, -0.15) is 5.26 Å². The number of nitriles is 1. The van der Waals surface area contributed by atoms with Crippen molar-refractivity contribution in [2.45, 2.75) is 6.92 Å². The highest BCUT2D eigenvalue weighted by molar-refractivity contribution is 6.30. The summed E-state index contributed by atoms with van der Waals surface area (Å²) >= 11 is 5.89. The first-order valence-corrected chi connectivity index (χ1v) is 7.58. The maximum atomic E-state index is 12.2. The van der Waals surface area contributed by atoms with E-state index in [4.69, 9.17) is 11.6 Å². The van der Waals surface area contributed by atoms with Crippen LogP contribution in [0.1, 0.15) is 11.1 Å². The van der Waals surface area contributed by atoms with Crippen molar-refractivity contribution < 1.29 is 0 Å². The number of benzene rings is 2. The highest BCUT2D eigenvalue weighted by Gasteiger charge is 2.13. The molecular formula is C18H13ClN4O. The molecular weight excluding hydrogens is 324 g/mol. The lowest BCUT2D eigenvalue weighted by atomic mass is 10.1. The van der Waals surface area contributed by atoms with Gasteiger partial charge in [-0.05, 0) is 31.2 Å². The standard InChI is InChI=1S/C18H13ClN4O/c1-11-2-8-14(9-3-11)21-18-22-16(15(10-20)17(24)23-18)12-4-6-13(19)7-5-12/h2-9H,1H3,(H2,21,22,23,24). The van der Waals surface area contributed by atoms with Crippen LogP contribution in [0.4, 0.5) is 11.6 Å². The normalized spacial score (nSPS) is 10.2. The Morgan fingerprint density at radius 3 is 2.42 bits per heavy atom. The molecule has 0 aliphatic rings. The second-order valence-corrected chi connectivity index (χ2v) is 5.68. The fourth-order valence-corrected chi connectivity index (χ4v) is 2.35. The fourth-order valence-electron chi connectivity index (χ4n) is 2.23. The summed E-state index contributed by atoms with van der Waals surface area (Å²) in [5.74, 6) is 0.271. The lowest BCUT2D eigenvalue weighted by molar-refractivity contribution is 1.11. The van der Waals surface area contributed by atoms with Gasteiger partial charge in [-0.1, -0.05) is 41.4 Å². The Labute approximate surface area is 143 Å². The largest absolute Gasteiger partial charge is 0.326 e. The van der Waals surface area contributed by atoms with Crippen LogP contribution in [0.25, 0.3) is 11.3 Å². The molecule has 0 saturated heterocycles. The summed E-state index contributed by atoms with van der Waals surface area (Å²) in [5.41, 5.74) is 2.35. The lowest BCUT2D eigenvalue weighted by Gasteiger charge is -2.09. The fraction of sp³-hybridized carbons (Fsp3) is 0.0556. The molecule has 0 bridgehead atoms. The zero-order chi connectivity index (χ0) is 17.1. The molecule has 0 saturated carbocycles. The van der Waals surface area contributed by atoms with Crippen LogP contribution in [0, 0.1) is 18.3 Å². The maximum absolute atomic E-state index is 12.2. The van der Waals surface area contributed by atoms with E-state index in [1.807, 2.05) is 37.3 Å². The summed E-state index contributed by atoms with van der Waals surface area (Å²) in [6, 6.07) is 16.4. The lowest BCUT2D eigenvalue weighted by Crippen LogP contribution is -2.16. The van der Waals surface area contributed by atoms with Crippen molar-refractivity contribution >= 4 is 23.2 Å². The van der Waals surface area contributed by atoms with Crippen LogP contribution >= 0.6 is 11.6 Å². The number of aromatic nitrogens is 2. The Morgan fingerprint density at radius 2 is 1.79 bits per heavy atom. The van der Waals surface area contributed by atoms with Gasteiger partial charge in [0, 0.05) is 16.3 Å². The number of hydrogen-bond acceptors (Lipinski definition) is 4. The molecule has 3 aromatic rings. The van der Waals surface area contributed by atoms with Crippen molar-refractivity contribution in [1.82, 2.24) is 9.97 Å². The molecule has 0 atom stereocenters. The highest BCUT2D eigenvalue weighted by Crippen LogP contribution is 2.23. The third-order valence-corrected chi connectivity index (χ3v) is 3.72. The van der Waals surface area contributed by atoms with Gasteiger partial charge in [-0.3, -0.25) is 9.78 Å². The molecule has 0 radical (unpaired) electrons. The van der Waals surface area contributed by atoms with E-state index < -0.39 is 5.56 Å². The van der Waals surface area contributed by atoms with E-state index in [9.17, 15) is 10.1 Å². The van der Waals surface area contributed by atoms with Crippen molar-refractivity contribution in [2.24, 2.45) is 0 Å². The monoisotopic (exact) mass is 336 g/mol. The number of aryl methyl sites for hydroxylation is 1. The van der Waals surface area contributed by atoms with Crippen molar-refractivity contribution in [2.75, 3.05) is 5.32 Å². The van der Waals surface area contributed by atoms with Gasteiger partial charge >= 0.3 is 0 Å². The number of aromatic amines is 1. The second kappa shape index (κ2) is 6.57. The molecule has 0 aliphatic heterocycles. The molecule has 2 aromatic carbocycles. The Hall–Kier alpha value is -3.10. The second-order valence-electron chi connectivity index (χ2n) is 5.25. The first kappa shape index (κ1) is 15.8. The molecule has 6 heteroatoms. The van der Waals surface area contributed by atoms with E-state index in [-0.39, 0.29) is 11.5 Å². The van der Waals surface area contributed by atoms with Gasteiger partial charge in [0.1, 0.15) is 11.6 Å². The average molecular weight is 337 g/mol. The molecule has 0 unspecified atom stereocenters. The summed E-state index contributed by atoms with van der Waals surface area (Å²) in [6.07, 6.45) is 0. The Kier molecular flexibility index (Phi) is 4.32. The number of nitrogens with one attached hydrogen (secondary N) is 2. The predicted molar refractivity (Wildman–Crippen MR) is 94.5 cm³/mol. The zero-order valence-electron chi connectivity index (χ0n) is 12.8.